The van der Waals surface area contributed by atoms with E-state index in [0.717, 1.165) is 11.8 Å². The first-order valence-electron chi connectivity index (χ1n) is 7.64. The number of rotatable bonds is 3. The highest BCUT2D eigenvalue weighted by molar-refractivity contribution is 7.15. The van der Waals surface area contributed by atoms with Crippen LogP contribution in [0.3, 0.4) is 0 Å². The summed E-state index contributed by atoms with van der Waals surface area (Å²) in [4.78, 5) is 19.0. The van der Waals surface area contributed by atoms with Crippen molar-refractivity contribution in [1.29, 1.82) is 0 Å². The molecule has 0 atom stereocenters. The summed E-state index contributed by atoms with van der Waals surface area (Å²) in [5.74, 6) is -0.0390. The molecule has 2 heterocycles. The van der Waals surface area contributed by atoms with Crippen molar-refractivity contribution in [2.45, 2.75) is 12.6 Å². The average molecular weight is 390 g/mol. The molecule has 25 heavy (non-hydrogen) atoms. The molecule has 0 N–H and O–H groups in total. The van der Waals surface area contributed by atoms with Gasteiger partial charge in [0.1, 0.15) is 4.88 Å². The van der Waals surface area contributed by atoms with Gasteiger partial charge in [0.2, 0.25) is 5.91 Å². The lowest BCUT2D eigenvalue weighted by Crippen LogP contribution is -2.49. The number of carbonyl (C=O) groups is 1. The van der Waals surface area contributed by atoms with Crippen molar-refractivity contribution in [1.82, 2.24) is 9.88 Å². The molecule has 1 saturated heterocycles. The molecule has 3 rings (SSSR count). The second-order valence-corrected chi connectivity index (χ2v) is 7.06. The molecule has 1 aliphatic heterocycles. The molecule has 0 bridgehead atoms. The third-order valence-corrected chi connectivity index (χ3v) is 5.45. The molecule has 1 aromatic carbocycles. The molecule has 1 aromatic heterocycles. The molecule has 0 saturated carbocycles. The van der Waals surface area contributed by atoms with Gasteiger partial charge in [-0.2, -0.15) is 13.2 Å². The quantitative estimate of drug-likeness (QED) is 0.803. The molecule has 134 valence electrons. The average Bonchev–Trinajstić information content (AvgIpc) is 3.07. The molecule has 4 nitrogen and oxygen atoms in total. The van der Waals surface area contributed by atoms with Gasteiger partial charge in [0.25, 0.3) is 0 Å². The van der Waals surface area contributed by atoms with Gasteiger partial charge < -0.3 is 9.80 Å². The van der Waals surface area contributed by atoms with E-state index < -0.39 is 11.1 Å². The molecule has 9 heteroatoms. The Kier molecular flexibility index (Phi) is 5.19. The highest BCUT2D eigenvalue weighted by atomic mass is 35.5. The number of alkyl halides is 3. The van der Waals surface area contributed by atoms with Crippen LogP contribution in [-0.2, 0) is 17.4 Å². The van der Waals surface area contributed by atoms with Gasteiger partial charge >= 0.3 is 6.18 Å². The predicted molar refractivity (Wildman–Crippen MR) is 91.1 cm³/mol. The lowest BCUT2D eigenvalue weighted by atomic mass is 10.1. The standard InChI is InChI=1S/C16H15ClF3N3OS/c17-12-4-2-1-3-11(12)9-14(24)22-5-7-23(8-6-22)15-21-10-13(25-15)16(18,19)20/h1-4,10H,5-9H2. The van der Waals surface area contributed by atoms with Crippen LogP contribution in [0.1, 0.15) is 10.4 Å². The minimum absolute atomic E-state index is 0.0390. The fourth-order valence-corrected chi connectivity index (χ4v) is 3.64. The summed E-state index contributed by atoms with van der Waals surface area (Å²) < 4.78 is 38.0. The van der Waals surface area contributed by atoms with E-state index in [1.165, 1.54) is 0 Å². The van der Waals surface area contributed by atoms with Gasteiger partial charge in [-0.25, -0.2) is 4.98 Å². The number of anilines is 1. The third kappa shape index (κ3) is 4.24. The molecule has 0 aliphatic carbocycles. The summed E-state index contributed by atoms with van der Waals surface area (Å²) >= 11 is 6.70. The lowest BCUT2D eigenvalue weighted by molar-refractivity contribution is -0.134. The Labute approximate surface area is 151 Å². The minimum Gasteiger partial charge on any atom is -0.345 e. The van der Waals surface area contributed by atoms with Crippen molar-refractivity contribution in [3.63, 3.8) is 0 Å². The predicted octanol–water partition coefficient (Wildman–Crippen LogP) is 3.71. The number of benzene rings is 1. The van der Waals surface area contributed by atoms with Gasteiger partial charge in [0.15, 0.2) is 5.13 Å². The fourth-order valence-electron chi connectivity index (χ4n) is 2.61. The fraction of sp³-hybridized carbons (Fsp3) is 0.375. The third-order valence-electron chi connectivity index (χ3n) is 3.98. The SMILES string of the molecule is O=C(Cc1ccccc1Cl)N1CCN(c2ncc(C(F)(F)F)s2)CC1. The summed E-state index contributed by atoms with van der Waals surface area (Å²) in [6, 6.07) is 7.18. The number of hydrogen-bond acceptors (Lipinski definition) is 4. The Morgan fingerprint density at radius 1 is 1.20 bits per heavy atom. The van der Waals surface area contributed by atoms with Crippen molar-refractivity contribution >= 4 is 34.0 Å². The van der Waals surface area contributed by atoms with Crippen molar-refractivity contribution in [3.05, 3.63) is 45.9 Å². The second-order valence-electron chi connectivity index (χ2n) is 5.64. The summed E-state index contributed by atoms with van der Waals surface area (Å²) in [5, 5.41) is 0.891. The number of aromatic nitrogens is 1. The van der Waals surface area contributed by atoms with Crippen LogP contribution in [0.5, 0.6) is 0 Å². The number of piperazine rings is 1. The van der Waals surface area contributed by atoms with E-state index in [0.29, 0.717) is 47.7 Å². The van der Waals surface area contributed by atoms with Gasteiger partial charge in [0.05, 0.1) is 12.6 Å². The molecular weight excluding hydrogens is 375 g/mol. The Morgan fingerprint density at radius 2 is 1.88 bits per heavy atom. The van der Waals surface area contributed by atoms with Gasteiger partial charge in [-0.1, -0.05) is 41.1 Å². The normalized spacial score (nSPS) is 15.5. The number of amides is 1. The molecule has 0 radical (unpaired) electrons. The Hall–Kier alpha value is -1.80. The maximum atomic E-state index is 12.7. The zero-order valence-corrected chi connectivity index (χ0v) is 14.7. The monoisotopic (exact) mass is 389 g/mol. The molecule has 1 amide bonds. The van der Waals surface area contributed by atoms with E-state index in [2.05, 4.69) is 4.98 Å². The van der Waals surface area contributed by atoms with Crippen molar-refractivity contribution in [3.8, 4) is 0 Å². The number of carbonyl (C=O) groups excluding carboxylic acids is 1. The summed E-state index contributed by atoms with van der Waals surface area (Å²) in [7, 11) is 0. The van der Waals surface area contributed by atoms with E-state index in [1.807, 2.05) is 12.1 Å². The molecule has 2 aromatic rings. The summed E-state index contributed by atoms with van der Waals surface area (Å²) in [6.07, 6.45) is -3.30. The van der Waals surface area contributed by atoms with Crippen LogP contribution < -0.4 is 4.90 Å². The van der Waals surface area contributed by atoms with E-state index in [1.54, 1.807) is 21.9 Å². The molecule has 1 fully saturated rings. The summed E-state index contributed by atoms with van der Waals surface area (Å²) in [6.45, 7) is 1.81. The first-order valence-corrected chi connectivity index (χ1v) is 8.83. The minimum atomic E-state index is -4.37. The first kappa shape index (κ1) is 18.0. The highest BCUT2D eigenvalue weighted by Gasteiger charge is 2.34. The van der Waals surface area contributed by atoms with Crippen LogP contribution in [0.15, 0.2) is 30.5 Å². The number of hydrogen-bond donors (Lipinski definition) is 0. The van der Waals surface area contributed by atoms with Crippen LogP contribution in [-0.4, -0.2) is 42.0 Å². The summed E-state index contributed by atoms with van der Waals surface area (Å²) in [5.41, 5.74) is 0.770. The zero-order valence-electron chi connectivity index (χ0n) is 13.1. The molecule has 0 unspecified atom stereocenters. The number of thiazole rings is 1. The second kappa shape index (κ2) is 7.21. The van der Waals surface area contributed by atoms with Crippen LogP contribution in [0.4, 0.5) is 18.3 Å². The first-order chi connectivity index (χ1) is 11.8. The highest BCUT2D eigenvalue weighted by Crippen LogP contribution is 2.36. The van der Waals surface area contributed by atoms with Gasteiger partial charge in [0, 0.05) is 31.2 Å². The van der Waals surface area contributed by atoms with Gasteiger partial charge in [-0.15, -0.1) is 0 Å². The number of halogens is 4. The van der Waals surface area contributed by atoms with Crippen LogP contribution in [0, 0.1) is 0 Å². The van der Waals surface area contributed by atoms with Crippen LogP contribution in [0.2, 0.25) is 5.02 Å². The number of nitrogens with zero attached hydrogens (tertiary/aromatic N) is 3. The van der Waals surface area contributed by atoms with E-state index >= 15 is 0 Å². The largest absolute Gasteiger partial charge is 0.427 e. The smallest absolute Gasteiger partial charge is 0.345 e. The Bertz CT molecular complexity index is 757. The van der Waals surface area contributed by atoms with E-state index in [9.17, 15) is 18.0 Å². The maximum Gasteiger partial charge on any atom is 0.427 e. The van der Waals surface area contributed by atoms with Gasteiger partial charge in [-0.05, 0) is 11.6 Å². The topological polar surface area (TPSA) is 36.4 Å². The van der Waals surface area contributed by atoms with Gasteiger partial charge in [-0.3, -0.25) is 4.79 Å². The van der Waals surface area contributed by atoms with Crippen LogP contribution in [0.25, 0.3) is 0 Å². The maximum absolute atomic E-state index is 12.7. The lowest BCUT2D eigenvalue weighted by Gasteiger charge is -2.34. The molecular formula is C16H15ClF3N3OS. The van der Waals surface area contributed by atoms with Crippen molar-refractivity contribution in [2.75, 3.05) is 31.1 Å². The molecule has 0 spiro atoms. The van der Waals surface area contributed by atoms with E-state index in [4.69, 9.17) is 11.6 Å². The van der Waals surface area contributed by atoms with Crippen molar-refractivity contribution < 1.29 is 18.0 Å². The zero-order chi connectivity index (χ0) is 18.0. The van der Waals surface area contributed by atoms with E-state index in [-0.39, 0.29) is 12.3 Å². The van der Waals surface area contributed by atoms with Crippen LogP contribution >= 0.6 is 22.9 Å². The Morgan fingerprint density at radius 3 is 2.48 bits per heavy atom. The van der Waals surface area contributed by atoms with Crippen molar-refractivity contribution in [2.24, 2.45) is 0 Å². The Balaban J connectivity index is 1.57. The molecule has 1 aliphatic rings.